The van der Waals surface area contributed by atoms with E-state index < -0.39 is 0 Å². The summed E-state index contributed by atoms with van der Waals surface area (Å²) in [6.07, 6.45) is 4.28. The predicted octanol–water partition coefficient (Wildman–Crippen LogP) is 1.32. The first-order chi connectivity index (χ1) is 5.90. The van der Waals surface area contributed by atoms with E-state index in [4.69, 9.17) is 14.2 Å². The third kappa shape index (κ3) is 1.63. The van der Waals surface area contributed by atoms with Gasteiger partial charge in [0.1, 0.15) is 12.9 Å². The zero-order valence-electron chi connectivity index (χ0n) is 7.49. The van der Waals surface area contributed by atoms with Crippen LogP contribution in [0.3, 0.4) is 0 Å². The maximum Gasteiger partial charge on any atom is 0.147 e. The molecule has 0 aromatic carbocycles. The lowest BCUT2D eigenvalue weighted by molar-refractivity contribution is -0.239. The Hall–Kier alpha value is -0.120. The van der Waals surface area contributed by atoms with Crippen LogP contribution in [-0.4, -0.2) is 31.7 Å². The lowest BCUT2D eigenvalue weighted by atomic mass is 9.99. The van der Waals surface area contributed by atoms with Crippen LogP contribution in [-0.2, 0) is 14.2 Å². The van der Waals surface area contributed by atoms with Crippen molar-refractivity contribution in [3.05, 3.63) is 0 Å². The monoisotopic (exact) mass is 172 g/mol. The molecular formula is C9H16O3. The van der Waals surface area contributed by atoms with E-state index in [1.165, 1.54) is 0 Å². The molecule has 2 heterocycles. The van der Waals surface area contributed by atoms with Gasteiger partial charge in [-0.25, -0.2) is 0 Å². The van der Waals surface area contributed by atoms with Crippen molar-refractivity contribution in [1.82, 2.24) is 0 Å². The maximum atomic E-state index is 5.79. The Morgan fingerprint density at radius 1 is 1.25 bits per heavy atom. The van der Waals surface area contributed by atoms with Crippen molar-refractivity contribution in [1.29, 1.82) is 0 Å². The van der Waals surface area contributed by atoms with Crippen molar-refractivity contribution >= 4 is 0 Å². The molecule has 12 heavy (non-hydrogen) atoms. The number of hydrogen-bond acceptors (Lipinski definition) is 3. The van der Waals surface area contributed by atoms with Crippen LogP contribution in [0.1, 0.15) is 26.2 Å². The molecular weight excluding hydrogens is 156 g/mol. The van der Waals surface area contributed by atoms with Crippen LogP contribution < -0.4 is 0 Å². The molecule has 0 spiro atoms. The van der Waals surface area contributed by atoms with Crippen LogP contribution in [0.25, 0.3) is 0 Å². The molecule has 2 saturated heterocycles. The Bertz CT molecular complexity index is 149. The third-order valence-electron chi connectivity index (χ3n) is 2.66. The molecule has 70 valence electrons. The summed E-state index contributed by atoms with van der Waals surface area (Å²) in [4.78, 5) is 0. The first kappa shape index (κ1) is 8.48. The normalized spacial score (nSPS) is 42.2. The van der Waals surface area contributed by atoms with Crippen molar-refractivity contribution in [2.75, 3.05) is 13.4 Å². The Balaban J connectivity index is 1.90. The molecule has 0 amide bonds. The van der Waals surface area contributed by atoms with Gasteiger partial charge in [0.05, 0.1) is 18.8 Å². The number of hydrogen-bond donors (Lipinski definition) is 0. The zero-order valence-corrected chi connectivity index (χ0v) is 7.49. The average molecular weight is 172 g/mol. The van der Waals surface area contributed by atoms with Gasteiger partial charge in [0.2, 0.25) is 0 Å². The Labute approximate surface area is 73.0 Å². The van der Waals surface area contributed by atoms with E-state index in [1.807, 2.05) is 0 Å². The van der Waals surface area contributed by atoms with Crippen LogP contribution in [0, 0.1) is 0 Å². The molecule has 1 unspecified atom stereocenters. The molecule has 0 bridgehead atoms. The number of ether oxygens (including phenoxy) is 3. The van der Waals surface area contributed by atoms with Gasteiger partial charge in [-0.2, -0.15) is 0 Å². The zero-order chi connectivity index (χ0) is 8.39. The summed E-state index contributed by atoms with van der Waals surface area (Å²) in [5.41, 5.74) is 0. The highest BCUT2D eigenvalue weighted by molar-refractivity contribution is 4.80. The van der Waals surface area contributed by atoms with Crippen molar-refractivity contribution in [3.8, 4) is 0 Å². The van der Waals surface area contributed by atoms with Gasteiger partial charge < -0.3 is 14.2 Å². The fourth-order valence-corrected chi connectivity index (χ4v) is 1.88. The van der Waals surface area contributed by atoms with Gasteiger partial charge in [-0.1, -0.05) is 6.92 Å². The Morgan fingerprint density at radius 3 is 3.00 bits per heavy atom. The van der Waals surface area contributed by atoms with Gasteiger partial charge in [0.25, 0.3) is 0 Å². The summed E-state index contributed by atoms with van der Waals surface area (Å²) in [7, 11) is 0. The number of rotatable bonds is 1. The molecule has 2 aliphatic rings. The summed E-state index contributed by atoms with van der Waals surface area (Å²) in [5, 5.41) is 0. The average Bonchev–Trinajstić information content (AvgIpc) is 2.17. The van der Waals surface area contributed by atoms with Crippen LogP contribution >= 0.6 is 0 Å². The van der Waals surface area contributed by atoms with Gasteiger partial charge in [0, 0.05) is 0 Å². The molecule has 3 atom stereocenters. The standard InChI is InChI=1S/C9H16O3/c1-2-7-3-4-8-9(12-7)5-10-6-11-8/h7-9H,2-6H2,1H3/t7-,8+,9?/m1/s1. The van der Waals surface area contributed by atoms with E-state index >= 15 is 0 Å². The Kier molecular flexibility index (Phi) is 2.63. The third-order valence-corrected chi connectivity index (χ3v) is 2.66. The van der Waals surface area contributed by atoms with Gasteiger partial charge in [-0.15, -0.1) is 0 Å². The van der Waals surface area contributed by atoms with Crippen molar-refractivity contribution in [2.45, 2.75) is 44.5 Å². The molecule has 2 aliphatic heterocycles. The van der Waals surface area contributed by atoms with E-state index in [0.29, 0.717) is 25.6 Å². The van der Waals surface area contributed by atoms with Crippen molar-refractivity contribution in [3.63, 3.8) is 0 Å². The minimum atomic E-state index is 0.192. The van der Waals surface area contributed by atoms with E-state index in [-0.39, 0.29) is 6.10 Å². The van der Waals surface area contributed by atoms with Crippen LogP contribution in [0.5, 0.6) is 0 Å². The maximum absolute atomic E-state index is 5.79. The molecule has 0 aromatic heterocycles. The fourth-order valence-electron chi connectivity index (χ4n) is 1.88. The topological polar surface area (TPSA) is 27.7 Å². The van der Waals surface area contributed by atoms with E-state index in [0.717, 1.165) is 19.3 Å². The van der Waals surface area contributed by atoms with Crippen LogP contribution in [0.15, 0.2) is 0 Å². The molecule has 3 nitrogen and oxygen atoms in total. The smallest absolute Gasteiger partial charge is 0.147 e. The SMILES string of the molecule is CC[C@@H]1CC[C@@H]2OCOCC2O1. The van der Waals surface area contributed by atoms with Crippen molar-refractivity contribution in [2.24, 2.45) is 0 Å². The molecule has 0 aliphatic carbocycles. The number of fused-ring (bicyclic) bond motifs is 1. The molecule has 2 fully saturated rings. The van der Waals surface area contributed by atoms with Gasteiger partial charge >= 0.3 is 0 Å². The lowest BCUT2D eigenvalue weighted by Crippen LogP contribution is -2.46. The largest absolute Gasteiger partial charge is 0.370 e. The predicted molar refractivity (Wildman–Crippen MR) is 43.9 cm³/mol. The molecule has 0 saturated carbocycles. The highest BCUT2D eigenvalue weighted by Gasteiger charge is 2.33. The first-order valence-electron chi connectivity index (χ1n) is 4.75. The Morgan fingerprint density at radius 2 is 2.17 bits per heavy atom. The molecule has 0 aromatic rings. The second-order valence-corrected chi connectivity index (χ2v) is 3.48. The van der Waals surface area contributed by atoms with Crippen molar-refractivity contribution < 1.29 is 14.2 Å². The second kappa shape index (κ2) is 3.73. The van der Waals surface area contributed by atoms with E-state index in [1.54, 1.807) is 0 Å². The van der Waals surface area contributed by atoms with Gasteiger partial charge in [0.15, 0.2) is 0 Å². The summed E-state index contributed by atoms with van der Waals surface area (Å²) < 4.78 is 16.4. The van der Waals surface area contributed by atoms with Crippen LogP contribution in [0.2, 0.25) is 0 Å². The summed E-state index contributed by atoms with van der Waals surface area (Å²) in [5.74, 6) is 0. The fraction of sp³-hybridized carbons (Fsp3) is 1.00. The van der Waals surface area contributed by atoms with Gasteiger partial charge in [-0.3, -0.25) is 0 Å². The highest BCUT2D eigenvalue weighted by atomic mass is 16.7. The minimum absolute atomic E-state index is 0.192. The summed E-state index contributed by atoms with van der Waals surface area (Å²) in [6, 6.07) is 0. The second-order valence-electron chi connectivity index (χ2n) is 3.48. The quantitative estimate of drug-likeness (QED) is 0.597. The first-order valence-corrected chi connectivity index (χ1v) is 4.75. The summed E-state index contributed by atoms with van der Waals surface area (Å²) in [6.45, 7) is 3.32. The van der Waals surface area contributed by atoms with Crippen LogP contribution in [0.4, 0.5) is 0 Å². The molecule has 2 rings (SSSR count). The lowest BCUT2D eigenvalue weighted by Gasteiger charge is -2.38. The minimum Gasteiger partial charge on any atom is -0.370 e. The highest BCUT2D eigenvalue weighted by Crippen LogP contribution is 2.26. The van der Waals surface area contributed by atoms with Gasteiger partial charge in [-0.05, 0) is 19.3 Å². The summed E-state index contributed by atoms with van der Waals surface area (Å²) >= 11 is 0. The van der Waals surface area contributed by atoms with E-state index in [9.17, 15) is 0 Å². The molecule has 3 heteroatoms. The molecule has 0 N–H and O–H groups in total. The van der Waals surface area contributed by atoms with E-state index in [2.05, 4.69) is 6.92 Å². The molecule has 0 radical (unpaired) electrons.